The molecular formula is C20H25N3OS. The molecule has 0 spiro atoms. The van der Waals surface area contributed by atoms with Gasteiger partial charge in [-0.2, -0.15) is 0 Å². The van der Waals surface area contributed by atoms with Crippen LogP contribution >= 0.6 is 11.3 Å². The zero-order chi connectivity index (χ0) is 17.8. The molecule has 0 aliphatic rings. The molecule has 3 rings (SSSR count). The number of amides is 1. The third kappa shape index (κ3) is 4.48. The second kappa shape index (κ2) is 7.83. The van der Waals surface area contributed by atoms with Gasteiger partial charge >= 0.3 is 0 Å². The fraction of sp³-hybridized carbons (Fsp3) is 0.400. The van der Waals surface area contributed by atoms with E-state index in [1.807, 2.05) is 47.3 Å². The fourth-order valence-corrected chi connectivity index (χ4v) is 3.81. The van der Waals surface area contributed by atoms with Gasteiger partial charge in [0.2, 0.25) is 0 Å². The lowest BCUT2D eigenvalue weighted by Gasteiger charge is -2.14. The van der Waals surface area contributed by atoms with Crippen LogP contribution in [0.15, 0.2) is 42.7 Å². The van der Waals surface area contributed by atoms with E-state index in [4.69, 9.17) is 0 Å². The molecule has 1 N–H and O–H groups in total. The fourth-order valence-electron chi connectivity index (χ4n) is 2.84. The molecule has 1 aromatic carbocycles. The molecule has 3 aromatic rings. The minimum atomic E-state index is -0.00476. The van der Waals surface area contributed by atoms with Crippen LogP contribution in [0.2, 0.25) is 0 Å². The molecule has 2 aromatic heterocycles. The molecule has 1 amide bonds. The number of nitrogens with zero attached hydrogens (tertiary/aromatic N) is 2. The number of thiazole rings is 1. The van der Waals surface area contributed by atoms with E-state index < -0.39 is 0 Å². The van der Waals surface area contributed by atoms with Crippen molar-refractivity contribution in [3.05, 3.63) is 48.3 Å². The van der Waals surface area contributed by atoms with Gasteiger partial charge < -0.3 is 9.88 Å². The van der Waals surface area contributed by atoms with Gasteiger partial charge in [0.1, 0.15) is 0 Å². The van der Waals surface area contributed by atoms with Gasteiger partial charge in [-0.25, -0.2) is 4.98 Å². The predicted molar refractivity (Wildman–Crippen MR) is 105 cm³/mol. The second-order valence-electron chi connectivity index (χ2n) is 6.97. The summed E-state index contributed by atoms with van der Waals surface area (Å²) in [7, 11) is 0. The van der Waals surface area contributed by atoms with Crippen LogP contribution in [0.1, 0.15) is 50.4 Å². The predicted octanol–water partition coefficient (Wildman–Crippen LogP) is 5.03. The van der Waals surface area contributed by atoms with E-state index in [2.05, 4.69) is 31.1 Å². The van der Waals surface area contributed by atoms with Gasteiger partial charge in [-0.15, -0.1) is 0 Å². The molecule has 1 unspecified atom stereocenters. The zero-order valence-electron chi connectivity index (χ0n) is 15.0. The van der Waals surface area contributed by atoms with Crippen LogP contribution in [0.5, 0.6) is 0 Å². The number of fused-ring (bicyclic) bond motifs is 1. The Morgan fingerprint density at radius 1 is 1.20 bits per heavy atom. The first-order valence-electron chi connectivity index (χ1n) is 8.87. The summed E-state index contributed by atoms with van der Waals surface area (Å²) in [6, 6.07) is 9.88. The van der Waals surface area contributed by atoms with Crippen molar-refractivity contribution in [3.8, 4) is 5.13 Å². The van der Waals surface area contributed by atoms with Crippen LogP contribution in [-0.2, 0) is 0 Å². The van der Waals surface area contributed by atoms with Gasteiger partial charge in [0.25, 0.3) is 5.91 Å². The highest BCUT2D eigenvalue weighted by Gasteiger charge is 2.12. The molecule has 0 saturated carbocycles. The topological polar surface area (TPSA) is 46.9 Å². The van der Waals surface area contributed by atoms with Crippen LogP contribution in [0.4, 0.5) is 0 Å². The average Bonchev–Trinajstić information content (AvgIpc) is 3.22. The molecule has 4 nitrogen and oxygen atoms in total. The summed E-state index contributed by atoms with van der Waals surface area (Å²) in [6.45, 7) is 6.54. The Morgan fingerprint density at radius 2 is 1.96 bits per heavy atom. The highest BCUT2D eigenvalue weighted by Crippen LogP contribution is 2.26. The molecule has 1 atom stereocenters. The van der Waals surface area contributed by atoms with Gasteiger partial charge in [-0.05, 0) is 49.6 Å². The Labute approximate surface area is 152 Å². The molecule has 0 bridgehead atoms. The molecule has 25 heavy (non-hydrogen) atoms. The van der Waals surface area contributed by atoms with Gasteiger partial charge in [0.15, 0.2) is 5.13 Å². The molecule has 0 aliphatic heterocycles. The summed E-state index contributed by atoms with van der Waals surface area (Å²) >= 11 is 1.59. The molecule has 0 fully saturated rings. The Balaban J connectivity index is 1.67. The number of aromatic nitrogens is 2. The molecule has 0 saturated heterocycles. The molecule has 2 heterocycles. The second-order valence-corrected chi connectivity index (χ2v) is 7.98. The first-order valence-corrected chi connectivity index (χ1v) is 9.69. The third-order valence-electron chi connectivity index (χ3n) is 4.26. The maximum atomic E-state index is 12.5. The number of carbonyl (C=O) groups is 1. The van der Waals surface area contributed by atoms with Crippen LogP contribution in [0, 0.1) is 5.92 Å². The maximum Gasteiger partial charge on any atom is 0.251 e. The number of hydrogen-bond donors (Lipinski definition) is 1. The number of benzene rings is 1. The Morgan fingerprint density at radius 3 is 2.68 bits per heavy atom. The minimum absolute atomic E-state index is 0.00476. The lowest BCUT2D eigenvalue weighted by Crippen LogP contribution is -2.32. The van der Waals surface area contributed by atoms with Gasteiger partial charge in [0.05, 0.1) is 10.2 Å². The standard InChI is InChI=1S/C20H25N3OS/c1-14(2)7-6-8-15(3)21-19(24)16-9-10-17-18(13-16)25-20(22-17)23-11-4-5-12-23/h4-5,9-15H,6-8H2,1-3H3,(H,21,24). The number of nitrogens with one attached hydrogen (secondary N) is 1. The summed E-state index contributed by atoms with van der Waals surface area (Å²) in [4.78, 5) is 17.1. The summed E-state index contributed by atoms with van der Waals surface area (Å²) in [5, 5.41) is 4.03. The van der Waals surface area contributed by atoms with Crippen molar-refractivity contribution < 1.29 is 4.79 Å². The SMILES string of the molecule is CC(C)CCCC(C)NC(=O)c1ccc2nc(-n3cccc3)sc2c1. The van der Waals surface area contributed by atoms with Crippen molar-refractivity contribution in [3.63, 3.8) is 0 Å². The average molecular weight is 356 g/mol. The van der Waals surface area contributed by atoms with E-state index in [1.165, 1.54) is 6.42 Å². The van der Waals surface area contributed by atoms with Crippen molar-refractivity contribution in [1.29, 1.82) is 0 Å². The van der Waals surface area contributed by atoms with Crippen molar-refractivity contribution in [2.24, 2.45) is 5.92 Å². The summed E-state index contributed by atoms with van der Waals surface area (Å²) in [5.74, 6) is 0.709. The van der Waals surface area contributed by atoms with Crippen molar-refractivity contribution >= 4 is 27.5 Å². The van der Waals surface area contributed by atoms with E-state index in [9.17, 15) is 4.79 Å². The largest absolute Gasteiger partial charge is 0.350 e. The third-order valence-corrected chi connectivity index (χ3v) is 5.29. The first-order chi connectivity index (χ1) is 12.0. The molecule has 0 aliphatic carbocycles. The lowest BCUT2D eigenvalue weighted by molar-refractivity contribution is 0.0938. The molecule has 5 heteroatoms. The van der Waals surface area contributed by atoms with Crippen molar-refractivity contribution in [2.75, 3.05) is 0 Å². The summed E-state index contributed by atoms with van der Waals surface area (Å²) in [5.41, 5.74) is 1.63. The summed E-state index contributed by atoms with van der Waals surface area (Å²) < 4.78 is 3.02. The van der Waals surface area contributed by atoms with Gasteiger partial charge in [0, 0.05) is 24.0 Å². The van der Waals surface area contributed by atoms with Crippen molar-refractivity contribution in [1.82, 2.24) is 14.9 Å². The van der Waals surface area contributed by atoms with Crippen LogP contribution in [0.3, 0.4) is 0 Å². The number of carbonyl (C=O) groups excluding carboxylic acids is 1. The molecule has 132 valence electrons. The van der Waals surface area contributed by atoms with E-state index >= 15 is 0 Å². The number of rotatable bonds is 7. The van der Waals surface area contributed by atoms with Gasteiger partial charge in [-0.3, -0.25) is 4.79 Å². The quantitative estimate of drug-likeness (QED) is 0.646. The minimum Gasteiger partial charge on any atom is -0.350 e. The van der Waals surface area contributed by atoms with Gasteiger partial charge in [-0.1, -0.05) is 38.0 Å². The Bertz CT molecular complexity index is 836. The molecule has 0 radical (unpaired) electrons. The Kier molecular flexibility index (Phi) is 5.53. The maximum absolute atomic E-state index is 12.5. The number of hydrogen-bond acceptors (Lipinski definition) is 3. The summed E-state index contributed by atoms with van der Waals surface area (Å²) in [6.07, 6.45) is 7.32. The smallest absolute Gasteiger partial charge is 0.251 e. The van der Waals surface area contributed by atoms with E-state index in [0.717, 1.165) is 28.2 Å². The highest BCUT2D eigenvalue weighted by molar-refractivity contribution is 7.20. The lowest BCUT2D eigenvalue weighted by atomic mass is 10.0. The zero-order valence-corrected chi connectivity index (χ0v) is 15.8. The van der Waals surface area contributed by atoms with E-state index in [0.29, 0.717) is 11.5 Å². The van der Waals surface area contributed by atoms with Crippen LogP contribution < -0.4 is 5.32 Å². The van der Waals surface area contributed by atoms with E-state index in [-0.39, 0.29) is 11.9 Å². The first kappa shape index (κ1) is 17.7. The molecular weight excluding hydrogens is 330 g/mol. The monoisotopic (exact) mass is 355 g/mol. The Hall–Kier alpha value is -2.14. The van der Waals surface area contributed by atoms with Crippen LogP contribution in [-0.4, -0.2) is 21.5 Å². The van der Waals surface area contributed by atoms with Crippen molar-refractivity contribution in [2.45, 2.75) is 46.1 Å². The normalized spacial score (nSPS) is 12.6. The highest BCUT2D eigenvalue weighted by atomic mass is 32.1. The van der Waals surface area contributed by atoms with E-state index in [1.54, 1.807) is 11.3 Å². The van der Waals surface area contributed by atoms with Crippen LogP contribution in [0.25, 0.3) is 15.3 Å².